The minimum atomic E-state index is -4.88. The molecule has 5 rings (SSSR count). The molecule has 4 aromatic rings. The fourth-order valence-electron chi connectivity index (χ4n) is 4.43. The Balaban J connectivity index is 1.45. The van der Waals surface area contributed by atoms with Gasteiger partial charge in [-0.05, 0) is 24.4 Å². The van der Waals surface area contributed by atoms with Crippen LogP contribution >= 0.6 is 0 Å². The van der Waals surface area contributed by atoms with Crippen molar-refractivity contribution in [3.63, 3.8) is 0 Å². The molecule has 35 heavy (non-hydrogen) atoms. The van der Waals surface area contributed by atoms with Crippen molar-refractivity contribution in [3.8, 4) is 22.4 Å². The molecule has 2 radical (unpaired) electrons. The molecule has 7 nitrogen and oxygen atoms in total. The third kappa shape index (κ3) is 4.22. The zero-order chi connectivity index (χ0) is 24.7. The van der Waals surface area contributed by atoms with Gasteiger partial charge in [0.1, 0.15) is 13.7 Å². The quantitative estimate of drug-likeness (QED) is 0.459. The third-order valence-corrected chi connectivity index (χ3v) is 6.31. The Morgan fingerprint density at radius 1 is 1.03 bits per heavy atom. The lowest BCUT2D eigenvalue weighted by Crippen LogP contribution is -2.45. The standard InChI is InChI=1S/C24H20BF3N6O/c25-19-20(15-8-10-33(11-9-15)23(35)24(26,27)28)32-22-17(13-31-34(22)21(19)29)16-6-7-18(30-12-16)14-4-2-1-3-5-14/h1-7,12-13,15H,8-11,29H2. The summed E-state index contributed by atoms with van der Waals surface area (Å²) >= 11 is 0. The molecule has 0 atom stereocenters. The predicted octanol–water partition coefficient (Wildman–Crippen LogP) is 3.10. The number of nitrogens with two attached hydrogens (primary N) is 1. The Labute approximate surface area is 200 Å². The fraction of sp³-hybridized carbons (Fsp3) is 0.250. The number of rotatable bonds is 3. The second-order valence-electron chi connectivity index (χ2n) is 8.45. The molecule has 3 aromatic heterocycles. The van der Waals surface area contributed by atoms with E-state index >= 15 is 0 Å². The third-order valence-electron chi connectivity index (χ3n) is 6.31. The summed E-state index contributed by atoms with van der Waals surface area (Å²) in [4.78, 5) is 21.7. The lowest BCUT2D eigenvalue weighted by molar-refractivity contribution is -0.186. The Morgan fingerprint density at radius 3 is 2.37 bits per heavy atom. The number of hydrogen-bond acceptors (Lipinski definition) is 5. The van der Waals surface area contributed by atoms with E-state index in [0.29, 0.717) is 29.7 Å². The van der Waals surface area contributed by atoms with E-state index in [1.54, 1.807) is 12.4 Å². The number of carbonyl (C=O) groups is 1. The molecule has 1 fully saturated rings. The number of nitrogen functional groups attached to an aromatic ring is 1. The molecule has 0 spiro atoms. The molecule has 0 unspecified atom stereocenters. The van der Waals surface area contributed by atoms with Crippen molar-refractivity contribution >= 4 is 30.7 Å². The average Bonchev–Trinajstić information content (AvgIpc) is 3.30. The molecule has 1 aliphatic rings. The summed E-state index contributed by atoms with van der Waals surface area (Å²) in [7, 11) is 6.25. The summed E-state index contributed by atoms with van der Waals surface area (Å²) in [5.74, 6) is -1.85. The van der Waals surface area contributed by atoms with Crippen molar-refractivity contribution in [2.75, 3.05) is 18.8 Å². The van der Waals surface area contributed by atoms with Crippen LogP contribution in [0.5, 0.6) is 0 Å². The second kappa shape index (κ2) is 8.72. The fourth-order valence-corrected chi connectivity index (χ4v) is 4.43. The first-order valence-electron chi connectivity index (χ1n) is 11.0. The molecule has 4 heterocycles. The highest BCUT2D eigenvalue weighted by Gasteiger charge is 2.43. The Kier molecular flexibility index (Phi) is 5.70. The first-order valence-corrected chi connectivity index (χ1v) is 11.0. The van der Waals surface area contributed by atoms with E-state index < -0.39 is 12.1 Å². The molecule has 1 saturated heterocycles. The van der Waals surface area contributed by atoms with Gasteiger partial charge in [0, 0.05) is 47.6 Å². The van der Waals surface area contributed by atoms with Crippen LogP contribution in [0.4, 0.5) is 19.0 Å². The molecule has 1 amide bonds. The second-order valence-corrected chi connectivity index (χ2v) is 8.45. The predicted molar refractivity (Wildman–Crippen MR) is 126 cm³/mol. The van der Waals surface area contributed by atoms with Gasteiger partial charge in [0.05, 0.1) is 11.9 Å². The highest BCUT2D eigenvalue weighted by Crippen LogP contribution is 2.31. The van der Waals surface area contributed by atoms with Crippen LogP contribution in [-0.2, 0) is 4.79 Å². The average molecular weight is 476 g/mol. The topological polar surface area (TPSA) is 89.4 Å². The maximum atomic E-state index is 12.8. The molecule has 176 valence electrons. The van der Waals surface area contributed by atoms with Crippen LogP contribution in [0.2, 0.25) is 0 Å². The van der Waals surface area contributed by atoms with Crippen molar-refractivity contribution in [3.05, 3.63) is 60.6 Å². The van der Waals surface area contributed by atoms with E-state index in [0.717, 1.165) is 21.7 Å². The molecule has 0 saturated carbocycles. The van der Waals surface area contributed by atoms with Gasteiger partial charge < -0.3 is 10.6 Å². The molecule has 11 heteroatoms. The first kappa shape index (κ1) is 22.9. The number of nitrogens with zero attached hydrogens (tertiary/aromatic N) is 5. The summed E-state index contributed by atoms with van der Waals surface area (Å²) < 4.78 is 39.8. The summed E-state index contributed by atoms with van der Waals surface area (Å²) in [6.45, 7) is -0.0710. The van der Waals surface area contributed by atoms with E-state index in [9.17, 15) is 18.0 Å². The van der Waals surface area contributed by atoms with E-state index in [-0.39, 0.29) is 30.3 Å². The van der Waals surface area contributed by atoms with Gasteiger partial charge in [-0.1, -0.05) is 36.4 Å². The summed E-state index contributed by atoms with van der Waals surface area (Å²) in [6.07, 6.45) is -0.929. The van der Waals surface area contributed by atoms with Crippen LogP contribution in [0.25, 0.3) is 28.0 Å². The van der Waals surface area contributed by atoms with Gasteiger partial charge in [-0.3, -0.25) is 9.78 Å². The number of hydrogen-bond donors (Lipinski definition) is 1. The highest BCUT2D eigenvalue weighted by atomic mass is 19.4. The minimum absolute atomic E-state index is 0.0355. The molecule has 1 aliphatic heterocycles. The van der Waals surface area contributed by atoms with Crippen LogP contribution < -0.4 is 11.2 Å². The molecule has 2 N–H and O–H groups in total. The van der Waals surface area contributed by atoms with Crippen LogP contribution in [0.1, 0.15) is 24.5 Å². The van der Waals surface area contributed by atoms with Crippen LogP contribution in [-0.4, -0.2) is 57.5 Å². The lowest BCUT2D eigenvalue weighted by Gasteiger charge is -2.33. The zero-order valence-corrected chi connectivity index (χ0v) is 18.5. The number of amides is 1. The number of benzene rings is 1. The highest BCUT2D eigenvalue weighted by molar-refractivity contribution is 6.36. The van der Waals surface area contributed by atoms with Crippen molar-refractivity contribution in [1.29, 1.82) is 0 Å². The van der Waals surface area contributed by atoms with Gasteiger partial charge >= 0.3 is 12.1 Å². The number of likely N-dealkylation sites (tertiary alicyclic amines) is 1. The Morgan fingerprint density at radius 2 is 1.74 bits per heavy atom. The summed E-state index contributed by atoms with van der Waals surface area (Å²) in [5.41, 5.74) is 10.8. The smallest absolute Gasteiger partial charge is 0.384 e. The largest absolute Gasteiger partial charge is 0.471 e. The van der Waals surface area contributed by atoms with E-state index in [1.807, 2.05) is 42.5 Å². The zero-order valence-electron chi connectivity index (χ0n) is 18.5. The minimum Gasteiger partial charge on any atom is -0.384 e. The number of piperidine rings is 1. The van der Waals surface area contributed by atoms with Gasteiger partial charge in [0.2, 0.25) is 0 Å². The first-order chi connectivity index (χ1) is 16.7. The van der Waals surface area contributed by atoms with Gasteiger partial charge in [-0.25, -0.2) is 4.98 Å². The van der Waals surface area contributed by atoms with Gasteiger partial charge in [0.15, 0.2) is 5.65 Å². The Bertz CT molecular complexity index is 1380. The maximum Gasteiger partial charge on any atom is 0.471 e. The Hall–Kier alpha value is -3.89. The van der Waals surface area contributed by atoms with Crippen molar-refractivity contribution < 1.29 is 18.0 Å². The molecule has 0 bridgehead atoms. The summed E-state index contributed by atoms with van der Waals surface area (Å²) in [5, 5.41) is 4.33. The van der Waals surface area contributed by atoms with Crippen LogP contribution in [0, 0.1) is 0 Å². The number of fused-ring (bicyclic) bond motifs is 1. The maximum absolute atomic E-state index is 12.8. The van der Waals surface area contributed by atoms with Crippen molar-refractivity contribution in [2.24, 2.45) is 0 Å². The lowest BCUT2D eigenvalue weighted by atomic mass is 9.83. The molecule has 1 aromatic carbocycles. The normalized spacial score (nSPS) is 15.0. The SMILES string of the molecule is [B]c1c(C2CCN(C(=O)C(F)(F)F)CC2)nc2c(-c3ccc(-c4ccccc4)nc3)cnn2c1N. The molecule has 0 aliphatic carbocycles. The number of alkyl halides is 3. The monoisotopic (exact) mass is 476 g/mol. The molecular formula is C24H20BF3N6O. The number of anilines is 1. The number of aromatic nitrogens is 4. The van der Waals surface area contributed by atoms with Crippen molar-refractivity contribution in [2.45, 2.75) is 24.9 Å². The van der Waals surface area contributed by atoms with Gasteiger partial charge in [-0.2, -0.15) is 22.8 Å². The summed E-state index contributed by atoms with van der Waals surface area (Å²) in [6, 6.07) is 13.6. The van der Waals surface area contributed by atoms with Crippen LogP contribution in [0.15, 0.2) is 54.9 Å². The van der Waals surface area contributed by atoms with E-state index in [4.69, 9.17) is 18.6 Å². The van der Waals surface area contributed by atoms with Gasteiger partial charge in [-0.15, -0.1) is 0 Å². The number of halogens is 3. The number of carbonyl (C=O) groups excluding carboxylic acids is 1. The van der Waals surface area contributed by atoms with Crippen LogP contribution in [0.3, 0.4) is 0 Å². The molecular weight excluding hydrogens is 456 g/mol. The van der Waals surface area contributed by atoms with E-state index in [1.165, 1.54) is 4.52 Å². The van der Waals surface area contributed by atoms with E-state index in [2.05, 4.69) is 10.1 Å². The number of pyridine rings is 1. The van der Waals surface area contributed by atoms with Crippen molar-refractivity contribution in [1.82, 2.24) is 24.5 Å². The van der Waals surface area contributed by atoms with Gasteiger partial charge in [0.25, 0.3) is 0 Å².